The van der Waals surface area contributed by atoms with Gasteiger partial charge in [0, 0.05) is 0 Å². The Labute approximate surface area is 92.6 Å². The second-order valence-corrected chi connectivity index (χ2v) is 3.55. The highest BCUT2D eigenvalue weighted by Gasteiger charge is 2.10. The molecule has 2 N–H and O–H groups in total. The van der Waals surface area contributed by atoms with E-state index >= 15 is 0 Å². The van der Waals surface area contributed by atoms with E-state index in [1.54, 1.807) is 12.1 Å². The second kappa shape index (κ2) is 4.33. The Bertz CT molecular complexity index is 480. The monoisotopic (exact) mass is 218 g/mol. The zero-order chi connectivity index (χ0) is 11.5. The lowest BCUT2D eigenvalue weighted by atomic mass is 10.0. The first-order chi connectivity index (χ1) is 7.66. The van der Waals surface area contributed by atoms with Gasteiger partial charge in [-0.05, 0) is 35.4 Å². The van der Waals surface area contributed by atoms with Gasteiger partial charge in [0.05, 0.1) is 0 Å². The van der Waals surface area contributed by atoms with Gasteiger partial charge in [-0.15, -0.1) is 0 Å². The number of halogens is 1. The van der Waals surface area contributed by atoms with Gasteiger partial charge >= 0.3 is 0 Å². The highest BCUT2D eigenvalue weighted by molar-refractivity contribution is 5.34. The summed E-state index contributed by atoms with van der Waals surface area (Å²) >= 11 is 0. The summed E-state index contributed by atoms with van der Waals surface area (Å²) in [4.78, 5) is 0. The third-order valence-electron chi connectivity index (χ3n) is 2.37. The lowest BCUT2D eigenvalue weighted by molar-refractivity contribution is 0.219. The first-order valence-electron chi connectivity index (χ1n) is 4.89. The summed E-state index contributed by atoms with van der Waals surface area (Å²) in [5.41, 5.74) is 1.17. The van der Waals surface area contributed by atoms with E-state index in [0.717, 1.165) is 0 Å². The van der Waals surface area contributed by atoms with Crippen LogP contribution in [0.15, 0.2) is 48.5 Å². The van der Waals surface area contributed by atoms with Crippen LogP contribution in [0.5, 0.6) is 5.75 Å². The van der Waals surface area contributed by atoms with Crippen molar-refractivity contribution in [3.05, 3.63) is 65.5 Å². The van der Waals surface area contributed by atoms with Gasteiger partial charge in [0.25, 0.3) is 0 Å². The lowest BCUT2D eigenvalue weighted by Gasteiger charge is -2.11. The molecule has 1 atom stereocenters. The topological polar surface area (TPSA) is 40.5 Å². The summed E-state index contributed by atoms with van der Waals surface area (Å²) in [6, 6.07) is 12.0. The number of rotatable bonds is 2. The average molecular weight is 218 g/mol. The largest absolute Gasteiger partial charge is 0.508 e. The van der Waals surface area contributed by atoms with Crippen molar-refractivity contribution in [2.24, 2.45) is 0 Å². The maximum absolute atomic E-state index is 12.7. The molecule has 2 nitrogen and oxygen atoms in total. The van der Waals surface area contributed by atoms with Crippen LogP contribution in [-0.2, 0) is 0 Å². The van der Waals surface area contributed by atoms with E-state index in [2.05, 4.69) is 0 Å². The summed E-state index contributed by atoms with van der Waals surface area (Å²) in [6.07, 6.45) is -0.854. The summed E-state index contributed by atoms with van der Waals surface area (Å²) in [7, 11) is 0. The Morgan fingerprint density at radius 3 is 2.25 bits per heavy atom. The van der Waals surface area contributed by atoms with Gasteiger partial charge in [-0.25, -0.2) is 4.39 Å². The molecule has 82 valence electrons. The van der Waals surface area contributed by atoms with E-state index in [-0.39, 0.29) is 11.6 Å². The van der Waals surface area contributed by atoms with Crippen molar-refractivity contribution in [1.29, 1.82) is 0 Å². The molecule has 0 saturated heterocycles. The molecule has 0 heterocycles. The summed E-state index contributed by atoms with van der Waals surface area (Å²) < 4.78 is 12.7. The molecule has 0 fully saturated rings. The molecule has 0 saturated carbocycles. The highest BCUT2D eigenvalue weighted by atomic mass is 19.1. The molecule has 0 radical (unpaired) electrons. The Morgan fingerprint density at radius 1 is 0.938 bits per heavy atom. The lowest BCUT2D eigenvalue weighted by Crippen LogP contribution is -1.99. The minimum atomic E-state index is -0.854. The van der Waals surface area contributed by atoms with Crippen LogP contribution in [0.25, 0.3) is 0 Å². The molecule has 0 aliphatic carbocycles. The van der Waals surface area contributed by atoms with Crippen LogP contribution in [0, 0.1) is 5.82 Å². The number of hydrogen-bond acceptors (Lipinski definition) is 2. The summed E-state index contributed by atoms with van der Waals surface area (Å²) in [6.45, 7) is 0. The normalized spacial score (nSPS) is 12.4. The van der Waals surface area contributed by atoms with Crippen molar-refractivity contribution >= 4 is 0 Å². The first-order valence-corrected chi connectivity index (χ1v) is 4.89. The number of aliphatic hydroxyl groups excluding tert-OH is 1. The average Bonchev–Trinajstić information content (AvgIpc) is 2.29. The van der Waals surface area contributed by atoms with E-state index in [1.165, 1.54) is 36.4 Å². The fraction of sp³-hybridized carbons (Fsp3) is 0.0769. The SMILES string of the molecule is Oc1cccc([C@H](O)c2ccc(F)cc2)c1. The first kappa shape index (κ1) is 10.6. The van der Waals surface area contributed by atoms with Gasteiger partial charge in [0.2, 0.25) is 0 Å². The molecule has 0 bridgehead atoms. The molecule has 16 heavy (non-hydrogen) atoms. The van der Waals surface area contributed by atoms with E-state index in [0.29, 0.717) is 11.1 Å². The third-order valence-corrected chi connectivity index (χ3v) is 2.37. The van der Waals surface area contributed by atoms with Crippen LogP contribution in [-0.4, -0.2) is 10.2 Å². The van der Waals surface area contributed by atoms with Gasteiger partial charge in [-0.1, -0.05) is 24.3 Å². The molecule has 0 aliphatic heterocycles. The number of phenolic OH excluding ortho intramolecular Hbond substituents is 1. The molecule has 2 aromatic carbocycles. The van der Waals surface area contributed by atoms with Crippen LogP contribution in [0.1, 0.15) is 17.2 Å². The molecule has 0 aromatic heterocycles. The maximum atomic E-state index is 12.7. The third kappa shape index (κ3) is 2.20. The molecule has 0 unspecified atom stereocenters. The van der Waals surface area contributed by atoms with Gasteiger partial charge in [-0.3, -0.25) is 0 Å². The summed E-state index contributed by atoms with van der Waals surface area (Å²) in [5.74, 6) is -0.245. The Balaban J connectivity index is 2.31. The van der Waals surface area contributed by atoms with Crippen LogP contribution in [0.4, 0.5) is 4.39 Å². The fourth-order valence-corrected chi connectivity index (χ4v) is 1.53. The van der Waals surface area contributed by atoms with E-state index in [4.69, 9.17) is 0 Å². The van der Waals surface area contributed by atoms with Crippen molar-refractivity contribution in [2.75, 3.05) is 0 Å². The zero-order valence-electron chi connectivity index (χ0n) is 8.47. The van der Waals surface area contributed by atoms with Crippen molar-refractivity contribution in [3.8, 4) is 5.75 Å². The summed E-state index contributed by atoms with van der Waals surface area (Å²) in [5, 5.41) is 19.3. The van der Waals surface area contributed by atoms with Gasteiger partial charge < -0.3 is 10.2 Å². The van der Waals surface area contributed by atoms with Gasteiger partial charge in [0.1, 0.15) is 17.7 Å². The predicted molar refractivity (Wildman–Crippen MR) is 58.6 cm³/mol. The molecular weight excluding hydrogens is 207 g/mol. The van der Waals surface area contributed by atoms with Crippen LogP contribution < -0.4 is 0 Å². The zero-order valence-corrected chi connectivity index (χ0v) is 8.47. The Hall–Kier alpha value is -1.87. The number of phenols is 1. The second-order valence-electron chi connectivity index (χ2n) is 3.55. The minimum absolute atomic E-state index is 0.0960. The molecule has 2 aromatic rings. The standard InChI is InChI=1S/C13H11FO2/c14-11-6-4-9(5-7-11)13(16)10-2-1-3-12(15)8-10/h1-8,13,15-16H/t13-/m1/s1. The van der Waals surface area contributed by atoms with Crippen molar-refractivity contribution in [1.82, 2.24) is 0 Å². The Kier molecular flexibility index (Phi) is 2.88. The van der Waals surface area contributed by atoms with Crippen LogP contribution in [0.3, 0.4) is 0 Å². The highest BCUT2D eigenvalue weighted by Crippen LogP contribution is 2.24. The van der Waals surface area contributed by atoms with Crippen molar-refractivity contribution < 1.29 is 14.6 Å². The smallest absolute Gasteiger partial charge is 0.123 e. The Morgan fingerprint density at radius 2 is 1.62 bits per heavy atom. The number of aliphatic hydroxyl groups is 1. The van der Waals surface area contributed by atoms with Gasteiger partial charge in [0.15, 0.2) is 0 Å². The molecule has 0 aliphatic rings. The van der Waals surface area contributed by atoms with Crippen molar-refractivity contribution in [2.45, 2.75) is 6.10 Å². The molecule has 2 rings (SSSR count). The maximum Gasteiger partial charge on any atom is 0.123 e. The minimum Gasteiger partial charge on any atom is -0.508 e. The molecule has 0 amide bonds. The van der Waals surface area contributed by atoms with E-state index in [9.17, 15) is 14.6 Å². The molecule has 0 spiro atoms. The number of aromatic hydroxyl groups is 1. The van der Waals surface area contributed by atoms with Gasteiger partial charge in [-0.2, -0.15) is 0 Å². The predicted octanol–water partition coefficient (Wildman–Crippen LogP) is 2.61. The molecule has 3 heteroatoms. The van der Waals surface area contributed by atoms with Crippen LogP contribution in [0.2, 0.25) is 0 Å². The van der Waals surface area contributed by atoms with Crippen LogP contribution >= 0.6 is 0 Å². The molecular formula is C13H11FO2. The fourth-order valence-electron chi connectivity index (χ4n) is 1.53. The quantitative estimate of drug-likeness (QED) is 0.813. The van der Waals surface area contributed by atoms with E-state index in [1.807, 2.05) is 0 Å². The van der Waals surface area contributed by atoms with E-state index < -0.39 is 6.10 Å². The van der Waals surface area contributed by atoms with Crippen molar-refractivity contribution in [3.63, 3.8) is 0 Å². The number of benzene rings is 2. The number of hydrogen-bond donors (Lipinski definition) is 2.